The summed E-state index contributed by atoms with van der Waals surface area (Å²) in [6.07, 6.45) is 10.0. The maximum Gasteiger partial charge on any atom is 0.0370 e. The van der Waals surface area contributed by atoms with Gasteiger partial charge in [-0.05, 0) is 39.8 Å². The Labute approximate surface area is 190 Å². The summed E-state index contributed by atoms with van der Waals surface area (Å²) in [6, 6.07) is 43.3. The van der Waals surface area contributed by atoms with E-state index in [0.717, 1.165) is 6.42 Å². The molecule has 0 unspecified atom stereocenters. The second-order valence-corrected chi connectivity index (χ2v) is 8.27. The summed E-state index contributed by atoms with van der Waals surface area (Å²) in [4.78, 5) is 0. The maximum absolute atomic E-state index is 2.37. The molecule has 5 rings (SSSR count). The Morgan fingerprint density at radius 3 is 1.34 bits per heavy atom. The predicted molar refractivity (Wildman–Crippen MR) is 136 cm³/mol. The molecular weight excluding hydrogens is 384 g/mol. The van der Waals surface area contributed by atoms with Crippen molar-refractivity contribution < 1.29 is 0 Å². The summed E-state index contributed by atoms with van der Waals surface area (Å²) < 4.78 is 0. The smallest absolute Gasteiger partial charge is 0.0370 e. The Hall–Kier alpha value is -3.90. The van der Waals surface area contributed by atoms with Crippen LogP contribution in [0.2, 0.25) is 0 Å². The molecule has 0 aromatic heterocycles. The molecule has 1 aliphatic carbocycles. The highest BCUT2D eigenvalue weighted by Crippen LogP contribution is 2.49. The standard InChI is InChI=1S/C32H26/c1-5-15-26(16-6-1)25-32(23-13-14-24-32)31(29-21-11-4-12-22-29)30(27-17-7-2-8-18-27)28-19-9-3-10-20-28/h1-24H,25H2. The van der Waals surface area contributed by atoms with Gasteiger partial charge in [-0.25, -0.2) is 0 Å². The first-order chi connectivity index (χ1) is 15.9. The third kappa shape index (κ3) is 4.00. The minimum absolute atomic E-state index is 0.232. The van der Waals surface area contributed by atoms with Crippen LogP contribution in [-0.2, 0) is 6.42 Å². The molecule has 154 valence electrons. The summed E-state index contributed by atoms with van der Waals surface area (Å²) in [5, 5.41) is 0. The third-order valence-electron chi connectivity index (χ3n) is 6.14. The zero-order valence-corrected chi connectivity index (χ0v) is 18.1. The van der Waals surface area contributed by atoms with Gasteiger partial charge in [-0.1, -0.05) is 146 Å². The lowest BCUT2D eigenvalue weighted by molar-refractivity contribution is 0.656. The second-order valence-electron chi connectivity index (χ2n) is 8.27. The first kappa shape index (κ1) is 20.0. The van der Waals surface area contributed by atoms with Gasteiger partial charge in [0.1, 0.15) is 0 Å². The van der Waals surface area contributed by atoms with Crippen LogP contribution in [0.25, 0.3) is 11.1 Å². The second kappa shape index (κ2) is 9.08. The largest absolute Gasteiger partial charge is 0.0698 e. The van der Waals surface area contributed by atoms with E-state index in [4.69, 9.17) is 0 Å². The van der Waals surface area contributed by atoms with Gasteiger partial charge >= 0.3 is 0 Å². The normalized spacial score (nSPS) is 13.8. The molecule has 0 N–H and O–H groups in total. The molecule has 0 bridgehead atoms. The SMILES string of the molecule is C1=CC(Cc2ccccc2)(C(=C(c2ccccc2)c2ccccc2)c2ccccc2)C=C1. The highest BCUT2D eigenvalue weighted by Gasteiger charge is 2.35. The Bertz CT molecular complexity index is 1190. The molecule has 0 radical (unpaired) electrons. The van der Waals surface area contributed by atoms with Gasteiger partial charge in [0.25, 0.3) is 0 Å². The van der Waals surface area contributed by atoms with Crippen molar-refractivity contribution in [2.45, 2.75) is 6.42 Å². The van der Waals surface area contributed by atoms with Crippen LogP contribution >= 0.6 is 0 Å². The van der Waals surface area contributed by atoms with E-state index in [0.29, 0.717) is 0 Å². The highest BCUT2D eigenvalue weighted by molar-refractivity contribution is 6.02. The van der Waals surface area contributed by atoms with Crippen LogP contribution < -0.4 is 0 Å². The van der Waals surface area contributed by atoms with Crippen molar-refractivity contribution in [3.05, 3.63) is 168 Å². The molecule has 0 aliphatic heterocycles. The topological polar surface area (TPSA) is 0 Å². The van der Waals surface area contributed by atoms with E-state index in [1.807, 2.05) is 0 Å². The quantitative estimate of drug-likeness (QED) is 0.282. The molecule has 0 saturated heterocycles. The fraction of sp³-hybridized carbons (Fsp3) is 0.0625. The highest BCUT2D eigenvalue weighted by atomic mass is 14.4. The average molecular weight is 411 g/mol. The zero-order chi connectivity index (χ0) is 21.6. The molecule has 1 aliphatic rings. The Morgan fingerprint density at radius 2 is 0.875 bits per heavy atom. The minimum atomic E-state index is -0.232. The van der Waals surface area contributed by atoms with E-state index in [2.05, 4.69) is 146 Å². The van der Waals surface area contributed by atoms with Crippen LogP contribution in [-0.4, -0.2) is 0 Å². The first-order valence-electron chi connectivity index (χ1n) is 11.2. The minimum Gasteiger partial charge on any atom is -0.0698 e. The van der Waals surface area contributed by atoms with Gasteiger partial charge in [-0.2, -0.15) is 0 Å². The predicted octanol–water partition coefficient (Wildman–Crippen LogP) is 8.00. The Balaban J connectivity index is 1.84. The van der Waals surface area contributed by atoms with Crippen molar-refractivity contribution in [1.29, 1.82) is 0 Å². The number of allylic oxidation sites excluding steroid dienone is 5. The molecule has 0 spiro atoms. The fourth-order valence-corrected chi connectivity index (χ4v) is 4.73. The Morgan fingerprint density at radius 1 is 0.469 bits per heavy atom. The van der Waals surface area contributed by atoms with Crippen molar-refractivity contribution >= 4 is 11.1 Å². The van der Waals surface area contributed by atoms with E-state index in [1.54, 1.807) is 0 Å². The first-order valence-corrected chi connectivity index (χ1v) is 11.2. The van der Waals surface area contributed by atoms with Crippen LogP contribution in [0, 0.1) is 5.41 Å². The van der Waals surface area contributed by atoms with Crippen LogP contribution in [0.3, 0.4) is 0 Å². The lowest BCUT2D eigenvalue weighted by Gasteiger charge is -2.33. The van der Waals surface area contributed by atoms with Crippen molar-refractivity contribution in [3.8, 4) is 0 Å². The lowest BCUT2D eigenvalue weighted by Crippen LogP contribution is -2.21. The molecule has 0 fully saturated rings. The van der Waals surface area contributed by atoms with E-state index < -0.39 is 0 Å². The van der Waals surface area contributed by atoms with E-state index >= 15 is 0 Å². The van der Waals surface area contributed by atoms with Gasteiger partial charge in [0, 0.05) is 5.41 Å². The summed E-state index contributed by atoms with van der Waals surface area (Å²) in [5.74, 6) is 0. The summed E-state index contributed by atoms with van der Waals surface area (Å²) in [6.45, 7) is 0. The molecule has 4 aromatic carbocycles. The zero-order valence-electron chi connectivity index (χ0n) is 18.1. The number of benzene rings is 4. The third-order valence-corrected chi connectivity index (χ3v) is 6.14. The van der Waals surface area contributed by atoms with E-state index in [-0.39, 0.29) is 5.41 Å². The Kier molecular flexibility index (Phi) is 5.68. The van der Waals surface area contributed by atoms with E-state index in [1.165, 1.54) is 33.4 Å². The van der Waals surface area contributed by atoms with Gasteiger partial charge < -0.3 is 0 Å². The molecule has 32 heavy (non-hydrogen) atoms. The number of rotatable bonds is 6. The van der Waals surface area contributed by atoms with E-state index in [9.17, 15) is 0 Å². The van der Waals surface area contributed by atoms with Crippen molar-refractivity contribution in [2.24, 2.45) is 5.41 Å². The van der Waals surface area contributed by atoms with Gasteiger partial charge in [0.2, 0.25) is 0 Å². The molecule has 0 saturated carbocycles. The van der Waals surface area contributed by atoms with Crippen molar-refractivity contribution in [2.75, 3.05) is 0 Å². The lowest BCUT2D eigenvalue weighted by atomic mass is 9.70. The van der Waals surface area contributed by atoms with Gasteiger partial charge in [0.15, 0.2) is 0 Å². The average Bonchev–Trinajstić information content (AvgIpc) is 3.33. The van der Waals surface area contributed by atoms with Gasteiger partial charge in [-0.3, -0.25) is 0 Å². The van der Waals surface area contributed by atoms with Gasteiger partial charge in [0.05, 0.1) is 0 Å². The molecule has 0 atom stereocenters. The molecule has 0 amide bonds. The summed E-state index contributed by atoms with van der Waals surface area (Å²) >= 11 is 0. The molecule has 4 aromatic rings. The van der Waals surface area contributed by atoms with Crippen LogP contribution in [0.4, 0.5) is 0 Å². The number of hydrogen-bond acceptors (Lipinski definition) is 0. The fourth-order valence-electron chi connectivity index (χ4n) is 4.73. The summed E-state index contributed by atoms with van der Waals surface area (Å²) in [5.41, 5.74) is 7.44. The number of hydrogen-bond donors (Lipinski definition) is 0. The molecule has 0 heteroatoms. The monoisotopic (exact) mass is 410 g/mol. The maximum atomic E-state index is 2.37. The molecule has 0 heterocycles. The van der Waals surface area contributed by atoms with Crippen molar-refractivity contribution in [3.63, 3.8) is 0 Å². The summed E-state index contributed by atoms with van der Waals surface area (Å²) in [7, 11) is 0. The van der Waals surface area contributed by atoms with Gasteiger partial charge in [-0.15, -0.1) is 0 Å². The molecular formula is C32H26. The van der Waals surface area contributed by atoms with Crippen LogP contribution in [0.1, 0.15) is 22.3 Å². The van der Waals surface area contributed by atoms with Crippen LogP contribution in [0.15, 0.2) is 146 Å². The van der Waals surface area contributed by atoms with Crippen LogP contribution in [0.5, 0.6) is 0 Å². The van der Waals surface area contributed by atoms with Crippen molar-refractivity contribution in [1.82, 2.24) is 0 Å². The molecule has 0 nitrogen and oxygen atoms in total.